The third-order valence-electron chi connectivity index (χ3n) is 5.09. The van der Waals surface area contributed by atoms with Crippen LogP contribution in [0.25, 0.3) is 5.57 Å². The maximum absolute atomic E-state index is 15.0. The van der Waals surface area contributed by atoms with E-state index in [-0.39, 0.29) is 12.1 Å². The van der Waals surface area contributed by atoms with Crippen LogP contribution in [-0.4, -0.2) is 42.7 Å². The summed E-state index contributed by atoms with van der Waals surface area (Å²) in [6, 6.07) is 4.73. The molecule has 0 spiro atoms. The second-order valence-corrected chi connectivity index (χ2v) is 9.48. The Morgan fingerprint density at radius 2 is 1.80 bits per heavy atom. The van der Waals surface area contributed by atoms with Gasteiger partial charge in [0.15, 0.2) is 0 Å². The van der Waals surface area contributed by atoms with E-state index < -0.39 is 35.7 Å². The lowest BCUT2D eigenvalue weighted by molar-refractivity contribution is -0.152. The van der Waals surface area contributed by atoms with Crippen LogP contribution in [0.5, 0.6) is 0 Å². The molecule has 1 saturated heterocycles. The highest BCUT2D eigenvalue weighted by atomic mass is 19.1. The summed E-state index contributed by atoms with van der Waals surface area (Å²) >= 11 is 0. The van der Waals surface area contributed by atoms with Crippen LogP contribution in [0.15, 0.2) is 28.9 Å². The van der Waals surface area contributed by atoms with Gasteiger partial charge in [-0.15, -0.1) is 0 Å². The summed E-state index contributed by atoms with van der Waals surface area (Å²) in [6.45, 7) is 14.6. The Hall–Kier alpha value is -2.19. The number of aliphatic imine (C=N–C) groups is 1. The van der Waals surface area contributed by atoms with Gasteiger partial charge in [-0.2, -0.15) is 0 Å². The zero-order valence-electron chi connectivity index (χ0n) is 19.1. The monoisotopic (exact) mass is 418 g/mol. The van der Waals surface area contributed by atoms with E-state index in [9.17, 15) is 9.18 Å². The average molecular weight is 418 g/mol. The number of rotatable bonds is 5. The first-order valence-electron chi connectivity index (χ1n) is 9.96. The standard InChI is InChI=1S/C22H32BFN2O4/c1-14(25)17(12-26-13-19(27)28-20(2,3)4)16-10-9-15(11-18(16)24)23-29-21(5,6)22(7,8)30-23/h9-12H,13,25H2,1-8H3/b17-14+,26-12?. The summed E-state index contributed by atoms with van der Waals surface area (Å²) in [5, 5.41) is 0. The highest BCUT2D eigenvalue weighted by Crippen LogP contribution is 2.36. The zero-order chi connectivity index (χ0) is 22.9. The second-order valence-electron chi connectivity index (χ2n) is 9.48. The number of carbonyl (C=O) groups is 1. The number of nitrogens with zero attached hydrogens (tertiary/aromatic N) is 1. The molecule has 0 aromatic heterocycles. The van der Waals surface area contributed by atoms with Gasteiger partial charge < -0.3 is 19.8 Å². The molecule has 2 N–H and O–H groups in total. The lowest BCUT2D eigenvalue weighted by atomic mass is 9.78. The highest BCUT2D eigenvalue weighted by Gasteiger charge is 2.51. The molecule has 1 aliphatic heterocycles. The van der Waals surface area contributed by atoms with Crippen LogP contribution in [0.2, 0.25) is 0 Å². The van der Waals surface area contributed by atoms with E-state index in [1.165, 1.54) is 12.3 Å². The number of esters is 1. The van der Waals surface area contributed by atoms with Crippen LogP contribution >= 0.6 is 0 Å². The largest absolute Gasteiger partial charge is 0.494 e. The summed E-state index contributed by atoms with van der Waals surface area (Å²) in [5.41, 5.74) is 5.96. The molecule has 1 aromatic rings. The van der Waals surface area contributed by atoms with Crippen LogP contribution < -0.4 is 11.2 Å². The van der Waals surface area contributed by atoms with Crippen molar-refractivity contribution in [2.24, 2.45) is 10.7 Å². The maximum atomic E-state index is 15.0. The topological polar surface area (TPSA) is 83.1 Å². The minimum Gasteiger partial charge on any atom is -0.459 e. The molecule has 1 heterocycles. The van der Waals surface area contributed by atoms with Crippen molar-refractivity contribution in [3.8, 4) is 0 Å². The molecule has 0 amide bonds. The van der Waals surface area contributed by atoms with Gasteiger partial charge in [0.05, 0.1) is 11.2 Å². The molecular formula is C22H32BFN2O4. The van der Waals surface area contributed by atoms with Crippen molar-refractivity contribution in [2.45, 2.75) is 72.2 Å². The molecule has 2 rings (SSSR count). The summed E-state index contributed by atoms with van der Waals surface area (Å²) in [5.74, 6) is -0.949. The zero-order valence-corrected chi connectivity index (χ0v) is 19.1. The van der Waals surface area contributed by atoms with Crippen molar-refractivity contribution < 1.29 is 23.2 Å². The quantitative estimate of drug-likeness (QED) is 0.451. The SMILES string of the molecule is C/C(N)=C(/C=NCC(=O)OC(C)(C)C)c1ccc(B2OC(C)(C)C(C)(C)O2)cc1F. The molecule has 0 saturated carbocycles. The predicted octanol–water partition coefficient (Wildman–Crippen LogP) is 3.23. The summed E-state index contributed by atoms with van der Waals surface area (Å²) in [4.78, 5) is 15.9. The summed E-state index contributed by atoms with van der Waals surface area (Å²) < 4.78 is 32.1. The van der Waals surface area contributed by atoms with Crippen LogP contribution in [-0.2, 0) is 18.8 Å². The third kappa shape index (κ3) is 5.70. The minimum atomic E-state index is -0.661. The lowest BCUT2D eigenvalue weighted by Crippen LogP contribution is -2.41. The lowest BCUT2D eigenvalue weighted by Gasteiger charge is -2.32. The number of hydrogen-bond acceptors (Lipinski definition) is 6. The van der Waals surface area contributed by atoms with Gasteiger partial charge >= 0.3 is 13.1 Å². The van der Waals surface area contributed by atoms with Gasteiger partial charge in [-0.05, 0) is 66.9 Å². The van der Waals surface area contributed by atoms with E-state index in [0.29, 0.717) is 16.7 Å². The Balaban J connectivity index is 2.20. The van der Waals surface area contributed by atoms with E-state index >= 15 is 0 Å². The summed E-state index contributed by atoms with van der Waals surface area (Å²) in [7, 11) is -0.661. The van der Waals surface area contributed by atoms with Crippen LogP contribution in [0.4, 0.5) is 4.39 Å². The first kappa shape index (κ1) is 24.1. The fourth-order valence-electron chi connectivity index (χ4n) is 2.84. The molecular weight excluding hydrogens is 386 g/mol. The van der Waals surface area contributed by atoms with Crippen molar-refractivity contribution in [1.29, 1.82) is 0 Å². The molecule has 0 unspecified atom stereocenters. The van der Waals surface area contributed by atoms with Gasteiger partial charge in [0.25, 0.3) is 0 Å². The van der Waals surface area contributed by atoms with E-state index in [0.717, 1.165) is 0 Å². The van der Waals surface area contributed by atoms with Crippen molar-refractivity contribution in [3.63, 3.8) is 0 Å². The Morgan fingerprint density at radius 3 is 2.27 bits per heavy atom. The van der Waals surface area contributed by atoms with Crippen molar-refractivity contribution in [1.82, 2.24) is 0 Å². The fourth-order valence-corrected chi connectivity index (χ4v) is 2.84. The van der Waals surface area contributed by atoms with E-state index in [1.54, 1.807) is 39.8 Å². The van der Waals surface area contributed by atoms with Gasteiger partial charge in [-0.3, -0.25) is 9.79 Å². The second kappa shape index (κ2) is 8.51. The molecule has 164 valence electrons. The number of carbonyl (C=O) groups excluding carboxylic acids is 1. The van der Waals surface area contributed by atoms with Crippen molar-refractivity contribution >= 4 is 30.3 Å². The smallest absolute Gasteiger partial charge is 0.459 e. The van der Waals surface area contributed by atoms with Gasteiger partial charge in [-0.25, -0.2) is 4.39 Å². The first-order chi connectivity index (χ1) is 13.6. The minimum absolute atomic E-state index is 0.179. The molecule has 0 radical (unpaired) electrons. The molecule has 1 aromatic carbocycles. The average Bonchev–Trinajstić information content (AvgIpc) is 2.78. The number of nitrogens with two attached hydrogens (primary N) is 1. The predicted molar refractivity (Wildman–Crippen MR) is 118 cm³/mol. The maximum Gasteiger partial charge on any atom is 0.494 e. The summed E-state index contributed by atoms with van der Waals surface area (Å²) in [6.07, 6.45) is 1.39. The van der Waals surface area contributed by atoms with E-state index in [4.69, 9.17) is 19.8 Å². The molecule has 0 bridgehead atoms. The molecule has 30 heavy (non-hydrogen) atoms. The van der Waals surface area contributed by atoms with Gasteiger partial charge in [0.1, 0.15) is 18.0 Å². The molecule has 1 fully saturated rings. The Kier molecular flexibility index (Phi) is 6.84. The highest BCUT2D eigenvalue weighted by molar-refractivity contribution is 6.62. The number of hydrogen-bond donors (Lipinski definition) is 1. The fraction of sp³-hybridized carbons (Fsp3) is 0.545. The van der Waals surface area contributed by atoms with Crippen molar-refractivity contribution in [3.05, 3.63) is 35.3 Å². The van der Waals surface area contributed by atoms with E-state index in [1.807, 2.05) is 27.7 Å². The Morgan fingerprint density at radius 1 is 1.23 bits per heavy atom. The number of benzene rings is 1. The van der Waals surface area contributed by atoms with Gasteiger partial charge in [-0.1, -0.05) is 12.1 Å². The molecule has 8 heteroatoms. The third-order valence-corrected chi connectivity index (χ3v) is 5.09. The van der Waals surface area contributed by atoms with Crippen LogP contribution in [0.3, 0.4) is 0 Å². The van der Waals surface area contributed by atoms with Gasteiger partial charge in [0.2, 0.25) is 0 Å². The van der Waals surface area contributed by atoms with Crippen LogP contribution in [0, 0.1) is 5.82 Å². The first-order valence-corrected chi connectivity index (χ1v) is 9.96. The van der Waals surface area contributed by atoms with Crippen LogP contribution in [0.1, 0.15) is 61.0 Å². The van der Waals surface area contributed by atoms with Gasteiger partial charge in [0, 0.05) is 23.0 Å². The molecule has 6 nitrogen and oxygen atoms in total. The number of allylic oxidation sites excluding steroid dienone is 2. The van der Waals surface area contributed by atoms with Crippen molar-refractivity contribution in [2.75, 3.05) is 6.54 Å². The Bertz CT molecular complexity index is 852. The number of halogens is 1. The molecule has 0 aliphatic carbocycles. The normalized spacial score (nSPS) is 19.2. The molecule has 1 aliphatic rings. The molecule has 0 atom stereocenters. The Labute approximate surface area is 178 Å². The van der Waals surface area contributed by atoms with E-state index in [2.05, 4.69) is 4.99 Å². The number of ether oxygens (including phenoxy) is 1.